The first kappa shape index (κ1) is 14.8. The van der Waals surface area contributed by atoms with Crippen LogP contribution in [0.1, 0.15) is 40.5 Å². The highest BCUT2D eigenvalue weighted by Crippen LogP contribution is 2.27. The van der Waals surface area contributed by atoms with Crippen molar-refractivity contribution in [1.29, 1.82) is 0 Å². The second kappa shape index (κ2) is 5.61. The number of hydrogen-bond donors (Lipinski definition) is 1. The molecule has 1 rings (SSSR count). The van der Waals surface area contributed by atoms with Gasteiger partial charge in [0.05, 0.1) is 5.60 Å². The van der Waals surface area contributed by atoms with E-state index in [4.69, 9.17) is 0 Å². The summed E-state index contributed by atoms with van der Waals surface area (Å²) < 4.78 is 0. The molecule has 0 aromatic heterocycles. The summed E-state index contributed by atoms with van der Waals surface area (Å²) in [5, 5.41) is 9.53. The zero-order valence-electron chi connectivity index (χ0n) is 11.6. The van der Waals surface area contributed by atoms with E-state index in [1.54, 1.807) is 26.8 Å². The first-order valence-electron chi connectivity index (χ1n) is 6.37. The highest BCUT2D eigenvalue weighted by atomic mass is 16.3. The van der Waals surface area contributed by atoms with Gasteiger partial charge in [-0.15, -0.1) is 0 Å². The van der Waals surface area contributed by atoms with Gasteiger partial charge in [-0.05, 0) is 45.8 Å². The maximum absolute atomic E-state index is 11.9. The number of allylic oxidation sites excluding steroid dienone is 3. The monoisotopic (exact) mass is 250 g/mol. The van der Waals surface area contributed by atoms with Gasteiger partial charge in [0.2, 0.25) is 0 Å². The van der Waals surface area contributed by atoms with Crippen molar-refractivity contribution in [2.45, 2.75) is 46.1 Å². The molecule has 0 fully saturated rings. The van der Waals surface area contributed by atoms with Crippen LogP contribution in [-0.2, 0) is 9.59 Å². The Morgan fingerprint density at radius 3 is 2.67 bits per heavy atom. The number of aliphatic hydroxyl groups is 1. The van der Waals surface area contributed by atoms with E-state index in [-0.39, 0.29) is 23.4 Å². The fraction of sp³-hybridized carbons (Fsp3) is 0.600. The lowest BCUT2D eigenvalue weighted by Crippen LogP contribution is -2.28. The van der Waals surface area contributed by atoms with Crippen LogP contribution in [0.15, 0.2) is 23.8 Å². The van der Waals surface area contributed by atoms with Gasteiger partial charge in [0.15, 0.2) is 11.6 Å². The average molecular weight is 250 g/mol. The molecule has 0 heterocycles. The molecule has 18 heavy (non-hydrogen) atoms. The Labute approximate surface area is 109 Å². The molecule has 1 aliphatic rings. The Kier molecular flexibility index (Phi) is 4.63. The van der Waals surface area contributed by atoms with Crippen molar-refractivity contribution in [3.63, 3.8) is 0 Å². The lowest BCUT2D eigenvalue weighted by molar-refractivity contribution is -0.127. The Balaban J connectivity index is 2.71. The molecule has 100 valence electrons. The highest BCUT2D eigenvalue weighted by Gasteiger charge is 2.29. The zero-order chi connectivity index (χ0) is 13.9. The van der Waals surface area contributed by atoms with E-state index in [9.17, 15) is 14.7 Å². The molecule has 0 radical (unpaired) electrons. The molecule has 0 aromatic carbocycles. The van der Waals surface area contributed by atoms with E-state index < -0.39 is 5.60 Å². The fourth-order valence-electron chi connectivity index (χ4n) is 2.08. The summed E-state index contributed by atoms with van der Waals surface area (Å²) in [5.41, 5.74) is 0.0885. The topological polar surface area (TPSA) is 54.4 Å². The maximum Gasteiger partial charge on any atom is 0.159 e. The number of hydrogen-bond acceptors (Lipinski definition) is 3. The van der Waals surface area contributed by atoms with E-state index in [0.29, 0.717) is 0 Å². The summed E-state index contributed by atoms with van der Waals surface area (Å²) in [6.07, 6.45) is 6.13. The van der Waals surface area contributed by atoms with E-state index in [1.807, 2.05) is 6.92 Å². The van der Waals surface area contributed by atoms with Gasteiger partial charge < -0.3 is 5.11 Å². The van der Waals surface area contributed by atoms with Crippen molar-refractivity contribution in [3.05, 3.63) is 23.8 Å². The van der Waals surface area contributed by atoms with Crippen molar-refractivity contribution in [2.24, 2.45) is 11.8 Å². The van der Waals surface area contributed by atoms with Gasteiger partial charge in [-0.1, -0.05) is 18.6 Å². The molecule has 0 spiro atoms. The predicted octanol–water partition coefficient (Wildman–Crippen LogP) is 2.44. The number of ketones is 2. The molecule has 1 aliphatic carbocycles. The summed E-state index contributed by atoms with van der Waals surface area (Å²) in [5.74, 6) is -0.576. The third kappa shape index (κ3) is 4.22. The van der Waals surface area contributed by atoms with Crippen LogP contribution in [0.2, 0.25) is 0 Å². The first-order valence-corrected chi connectivity index (χ1v) is 6.37. The minimum atomic E-state index is -0.998. The van der Waals surface area contributed by atoms with Gasteiger partial charge in [0.25, 0.3) is 0 Å². The Hall–Kier alpha value is -1.22. The summed E-state index contributed by atoms with van der Waals surface area (Å²) in [7, 11) is 0. The van der Waals surface area contributed by atoms with Crippen molar-refractivity contribution >= 4 is 11.6 Å². The average Bonchev–Trinajstić information content (AvgIpc) is 2.24. The second-order valence-electron chi connectivity index (χ2n) is 5.72. The minimum absolute atomic E-state index is 0.0521. The second-order valence-corrected chi connectivity index (χ2v) is 5.72. The highest BCUT2D eigenvalue weighted by molar-refractivity contribution is 6.00. The molecule has 0 unspecified atom stereocenters. The Morgan fingerprint density at radius 2 is 2.17 bits per heavy atom. The van der Waals surface area contributed by atoms with Crippen LogP contribution in [0.25, 0.3) is 0 Å². The Morgan fingerprint density at radius 1 is 1.56 bits per heavy atom. The molecular weight excluding hydrogens is 228 g/mol. The van der Waals surface area contributed by atoms with Crippen LogP contribution in [0.4, 0.5) is 0 Å². The van der Waals surface area contributed by atoms with Crippen molar-refractivity contribution in [2.75, 3.05) is 0 Å². The van der Waals surface area contributed by atoms with Crippen LogP contribution in [-0.4, -0.2) is 22.3 Å². The molecule has 0 aromatic rings. The van der Waals surface area contributed by atoms with Gasteiger partial charge >= 0.3 is 0 Å². The lowest BCUT2D eigenvalue weighted by atomic mass is 9.79. The van der Waals surface area contributed by atoms with Gasteiger partial charge in [0.1, 0.15) is 0 Å². The molecule has 1 N–H and O–H groups in total. The molecule has 0 aliphatic heterocycles. The fourth-order valence-corrected chi connectivity index (χ4v) is 2.08. The van der Waals surface area contributed by atoms with Gasteiger partial charge in [-0.2, -0.15) is 0 Å². The summed E-state index contributed by atoms with van der Waals surface area (Å²) in [6.45, 7) is 6.95. The van der Waals surface area contributed by atoms with Crippen LogP contribution < -0.4 is 0 Å². The van der Waals surface area contributed by atoms with E-state index >= 15 is 0 Å². The first-order chi connectivity index (χ1) is 8.20. The van der Waals surface area contributed by atoms with Crippen molar-refractivity contribution < 1.29 is 14.7 Å². The summed E-state index contributed by atoms with van der Waals surface area (Å²) in [6, 6.07) is 0. The number of carbonyl (C=O) groups is 2. The normalized spacial score (nSPS) is 23.1. The molecule has 3 heteroatoms. The molecule has 2 atom stereocenters. The molecular formula is C15H22O3. The predicted molar refractivity (Wildman–Crippen MR) is 71.1 cm³/mol. The van der Waals surface area contributed by atoms with Crippen LogP contribution in [0.5, 0.6) is 0 Å². The quantitative estimate of drug-likeness (QED) is 0.780. The molecule has 0 saturated heterocycles. The molecule has 3 nitrogen and oxygen atoms in total. The van der Waals surface area contributed by atoms with Gasteiger partial charge in [-0.3, -0.25) is 9.59 Å². The lowest BCUT2D eigenvalue weighted by Gasteiger charge is -2.23. The van der Waals surface area contributed by atoms with Crippen LogP contribution >= 0.6 is 0 Å². The Bertz CT molecular complexity index is 396. The molecule has 0 bridgehead atoms. The SMILES string of the molecule is CC1=CC(=O)[C@@H]([C@H](C)C(=O)/C=C/C(C)(C)O)CC1. The van der Waals surface area contributed by atoms with E-state index in [2.05, 4.69) is 0 Å². The standard InChI is InChI=1S/C15H22O3/c1-10-5-6-12(14(17)9-10)11(2)13(16)7-8-15(3,4)18/h7-9,11-12,18H,5-6H2,1-4H3/b8-7+/t11-,12+/m0/s1. The smallest absolute Gasteiger partial charge is 0.159 e. The molecule has 0 amide bonds. The van der Waals surface area contributed by atoms with Crippen LogP contribution in [0.3, 0.4) is 0 Å². The summed E-state index contributed by atoms with van der Waals surface area (Å²) >= 11 is 0. The maximum atomic E-state index is 11.9. The number of rotatable bonds is 4. The number of carbonyl (C=O) groups excluding carboxylic acids is 2. The van der Waals surface area contributed by atoms with Gasteiger partial charge in [-0.25, -0.2) is 0 Å². The largest absolute Gasteiger partial charge is 0.386 e. The minimum Gasteiger partial charge on any atom is -0.386 e. The van der Waals surface area contributed by atoms with E-state index in [0.717, 1.165) is 18.4 Å². The summed E-state index contributed by atoms with van der Waals surface area (Å²) in [4.78, 5) is 23.8. The third-order valence-electron chi connectivity index (χ3n) is 3.31. The third-order valence-corrected chi connectivity index (χ3v) is 3.31. The van der Waals surface area contributed by atoms with Crippen molar-refractivity contribution in [3.8, 4) is 0 Å². The molecule has 0 saturated carbocycles. The van der Waals surface area contributed by atoms with Gasteiger partial charge in [0, 0.05) is 11.8 Å². The zero-order valence-corrected chi connectivity index (χ0v) is 11.6. The van der Waals surface area contributed by atoms with Crippen molar-refractivity contribution in [1.82, 2.24) is 0 Å². The van der Waals surface area contributed by atoms with E-state index in [1.165, 1.54) is 12.2 Å². The van der Waals surface area contributed by atoms with Crippen LogP contribution in [0, 0.1) is 11.8 Å².